The average Bonchev–Trinajstić information content (AvgIpc) is 2.80. The van der Waals surface area contributed by atoms with Crippen molar-refractivity contribution in [2.24, 2.45) is 0 Å². The summed E-state index contributed by atoms with van der Waals surface area (Å²) < 4.78 is 14.6. The number of nitrogens with one attached hydrogen (secondary N) is 1. The number of aromatic nitrogens is 1. The minimum Gasteiger partial charge on any atom is -0.503 e. The highest BCUT2D eigenvalue weighted by molar-refractivity contribution is 5.99. The number of benzene rings is 1. The Kier molecular flexibility index (Phi) is 6.25. The molecule has 0 aliphatic carbocycles. The summed E-state index contributed by atoms with van der Waals surface area (Å²) >= 11 is 0. The van der Waals surface area contributed by atoms with Crippen molar-refractivity contribution in [2.45, 2.75) is 65.0 Å². The van der Waals surface area contributed by atoms with Crippen LogP contribution in [0.5, 0.6) is 5.75 Å². The van der Waals surface area contributed by atoms with E-state index in [2.05, 4.69) is 24.1 Å². The van der Waals surface area contributed by atoms with Gasteiger partial charge in [0.15, 0.2) is 11.4 Å². The number of hydrogen-bond donors (Lipinski definition) is 2. The molecule has 2 N–H and O–H groups in total. The lowest BCUT2D eigenvalue weighted by atomic mass is 10.0. The van der Waals surface area contributed by atoms with Gasteiger partial charge in [-0.2, -0.15) is 0 Å². The number of nitrogens with zero attached hydrogens (tertiary/aromatic N) is 3. The summed E-state index contributed by atoms with van der Waals surface area (Å²) in [6.45, 7) is 7.47. The quantitative estimate of drug-likeness (QED) is 0.720. The van der Waals surface area contributed by atoms with Gasteiger partial charge in [0.2, 0.25) is 5.43 Å². The number of halogens is 1. The molecule has 0 spiro atoms. The third-order valence-electron chi connectivity index (χ3n) is 6.81. The molecule has 2 aromatic rings. The lowest BCUT2D eigenvalue weighted by molar-refractivity contribution is -0.0490. The molecule has 1 aromatic heterocycles. The van der Waals surface area contributed by atoms with Crippen molar-refractivity contribution in [3.05, 3.63) is 63.3 Å². The smallest absolute Gasteiger partial charge is 0.276 e. The SMILES string of the molecule is CCC(C)N1CCC(C)N2C(=O)c3c(O)c(=O)c(C(=O)NCc4ccc(F)cc4)cn3CC12. The molecular weight excluding hydrogens is 427 g/mol. The highest BCUT2D eigenvalue weighted by Gasteiger charge is 2.44. The van der Waals surface area contributed by atoms with Gasteiger partial charge in [0.25, 0.3) is 11.8 Å². The van der Waals surface area contributed by atoms with E-state index in [1.54, 1.807) is 4.90 Å². The summed E-state index contributed by atoms with van der Waals surface area (Å²) in [5.41, 5.74) is -0.533. The van der Waals surface area contributed by atoms with Crippen LogP contribution >= 0.6 is 0 Å². The van der Waals surface area contributed by atoms with Crippen molar-refractivity contribution < 1.29 is 19.1 Å². The molecule has 0 saturated carbocycles. The van der Waals surface area contributed by atoms with E-state index in [1.807, 2.05) is 6.92 Å². The summed E-state index contributed by atoms with van der Waals surface area (Å²) in [4.78, 5) is 42.9. The monoisotopic (exact) mass is 456 g/mol. The molecule has 4 rings (SSSR count). The van der Waals surface area contributed by atoms with E-state index < -0.39 is 23.0 Å². The Morgan fingerprint density at radius 1 is 1.27 bits per heavy atom. The Labute approximate surface area is 191 Å². The molecule has 9 heteroatoms. The first-order valence-electron chi connectivity index (χ1n) is 11.3. The minimum atomic E-state index is -0.881. The van der Waals surface area contributed by atoms with Gasteiger partial charge in [0.05, 0.1) is 6.54 Å². The van der Waals surface area contributed by atoms with Crippen LogP contribution < -0.4 is 10.7 Å². The maximum Gasteiger partial charge on any atom is 0.276 e. The van der Waals surface area contributed by atoms with E-state index in [0.29, 0.717) is 12.1 Å². The van der Waals surface area contributed by atoms with E-state index in [0.717, 1.165) is 19.4 Å². The maximum atomic E-state index is 13.4. The summed E-state index contributed by atoms with van der Waals surface area (Å²) in [5.74, 6) is -2.16. The van der Waals surface area contributed by atoms with Crippen molar-refractivity contribution in [3.8, 4) is 5.75 Å². The third kappa shape index (κ3) is 4.13. The van der Waals surface area contributed by atoms with Crippen LogP contribution in [0.25, 0.3) is 0 Å². The second-order valence-electron chi connectivity index (χ2n) is 8.86. The van der Waals surface area contributed by atoms with Gasteiger partial charge in [-0.05, 0) is 44.4 Å². The molecule has 3 unspecified atom stereocenters. The Morgan fingerprint density at radius 2 is 1.97 bits per heavy atom. The molecule has 3 heterocycles. The van der Waals surface area contributed by atoms with Gasteiger partial charge in [-0.15, -0.1) is 0 Å². The number of rotatable bonds is 5. The lowest BCUT2D eigenvalue weighted by Gasteiger charge is -2.52. The fraction of sp³-hybridized carbons (Fsp3) is 0.458. The molecule has 0 bridgehead atoms. The van der Waals surface area contributed by atoms with Crippen LogP contribution in [0.1, 0.15) is 60.0 Å². The fourth-order valence-electron chi connectivity index (χ4n) is 4.71. The van der Waals surface area contributed by atoms with Crippen LogP contribution in [0, 0.1) is 5.82 Å². The van der Waals surface area contributed by atoms with Crippen LogP contribution in [0.2, 0.25) is 0 Å². The summed E-state index contributed by atoms with van der Waals surface area (Å²) in [7, 11) is 0. The summed E-state index contributed by atoms with van der Waals surface area (Å²) in [5, 5.41) is 13.3. The molecule has 8 nitrogen and oxygen atoms in total. The Hall–Kier alpha value is -3.20. The first-order chi connectivity index (χ1) is 15.7. The predicted molar refractivity (Wildman–Crippen MR) is 120 cm³/mol. The van der Waals surface area contributed by atoms with E-state index in [1.165, 1.54) is 35.0 Å². The molecule has 1 fully saturated rings. The van der Waals surface area contributed by atoms with E-state index >= 15 is 0 Å². The van der Waals surface area contributed by atoms with Crippen LogP contribution in [0.4, 0.5) is 4.39 Å². The Bertz CT molecular complexity index is 1130. The van der Waals surface area contributed by atoms with E-state index in [9.17, 15) is 23.9 Å². The van der Waals surface area contributed by atoms with Crippen LogP contribution in [0.3, 0.4) is 0 Å². The third-order valence-corrected chi connectivity index (χ3v) is 6.81. The zero-order valence-corrected chi connectivity index (χ0v) is 19.0. The van der Waals surface area contributed by atoms with Gasteiger partial charge >= 0.3 is 0 Å². The van der Waals surface area contributed by atoms with Gasteiger partial charge in [-0.25, -0.2) is 4.39 Å². The lowest BCUT2D eigenvalue weighted by Crippen LogP contribution is -2.65. The molecule has 2 aliphatic heterocycles. The largest absolute Gasteiger partial charge is 0.503 e. The number of carbonyl (C=O) groups is 2. The highest BCUT2D eigenvalue weighted by Crippen LogP contribution is 2.32. The number of carbonyl (C=O) groups excluding carboxylic acids is 2. The minimum absolute atomic E-state index is 0.0234. The number of hydrogen-bond acceptors (Lipinski definition) is 5. The molecule has 0 radical (unpaired) electrons. The summed E-state index contributed by atoms with van der Waals surface area (Å²) in [6.07, 6.45) is 2.87. The Balaban J connectivity index is 1.66. The molecule has 1 aromatic carbocycles. The molecule has 2 amide bonds. The van der Waals surface area contributed by atoms with Crippen molar-refractivity contribution in [2.75, 3.05) is 6.54 Å². The van der Waals surface area contributed by atoms with Crippen LogP contribution in [-0.2, 0) is 13.1 Å². The number of pyridine rings is 1. The molecular formula is C24H29FN4O4. The standard InChI is InChI=1S/C24H29FN4O4/c1-4-14(2)28-10-9-15(3)29-19(28)13-27-12-18(21(30)22(31)20(27)24(29)33)23(32)26-11-16-5-7-17(25)8-6-16/h5-8,12,14-15,19,31H,4,9-11,13H2,1-3H3,(H,26,32). The van der Waals surface area contributed by atoms with Gasteiger partial charge in [-0.1, -0.05) is 19.1 Å². The molecule has 3 atom stereocenters. The first kappa shape index (κ1) is 23.0. The van der Waals surface area contributed by atoms with Gasteiger partial charge < -0.3 is 19.9 Å². The number of amides is 2. The van der Waals surface area contributed by atoms with Crippen molar-refractivity contribution in [1.82, 2.24) is 19.7 Å². The van der Waals surface area contributed by atoms with E-state index in [-0.39, 0.29) is 41.9 Å². The van der Waals surface area contributed by atoms with Crippen LogP contribution in [-0.4, -0.2) is 56.1 Å². The average molecular weight is 457 g/mol. The van der Waals surface area contributed by atoms with Crippen molar-refractivity contribution in [1.29, 1.82) is 0 Å². The van der Waals surface area contributed by atoms with Crippen molar-refractivity contribution >= 4 is 11.8 Å². The molecule has 1 saturated heterocycles. The maximum absolute atomic E-state index is 13.4. The second-order valence-corrected chi connectivity index (χ2v) is 8.86. The van der Waals surface area contributed by atoms with E-state index in [4.69, 9.17) is 0 Å². The van der Waals surface area contributed by atoms with Gasteiger partial charge in [0.1, 0.15) is 17.5 Å². The summed E-state index contributed by atoms with van der Waals surface area (Å²) in [6, 6.07) is 5.87. The molecule has 33 heavy (non-hydrogen) atoms. The fourth-order valence-corrected chi connectivity index (χ4v) is 4.71. The number of fused-ring (bicyclic) bond motifs is 2. The van der Waals surface area contributed by atoms with Crippen LogP contribution in [0.15, 0.2) is 35.3 Å². The van der Waals surface area contributed by atoms with Gasteiger partial charge in [-0.3, -0.25) is 19.3 Å². The molecule has 2 aliphatic rings. The zero-order valence-electron chi connectivity index (χ0n) is 19.0. The normalized spacial score (nSPS) is 21.3. The first-order valence-corrected chi connectivity index (χ1v) is 11.3. The topological polar surface area (TPSA) is 94.9 Å². The zero-order chi connectivity index (χ0) is 23.9. The number of aromatic hydroxyl groups is 1. The van der Waals surface area contributed by atoms with Crippen molar-refractivity contribution in [3.63, 3.8) is 0 Å². The molecule has 176 valence electrons. The van der Waals surface area contributed by atoms with Gasteiger partial charge in [0, 0.05) is 31.4 Å². The predicted octanol–water partition coefficient (Wildman–Crippen LogP) is 2.30. The Morgan fingerprint density at radius 3 is 2.64 bits per heavy atom. The second kappa shape index (κ2) is 8.97. The highest BCUT2D eigenvalue weighted by atomic mass is 19.1.